The second-order valence-electron chi connectivity index (χ2n) is 12.0. The summed E-state index contributed by atoms with van der Waals surface area (Å²) in [6.07, 6.45) is -1.98. The molecule has 10 nitrogen and oxygen atoms in total. The van der Waals surface area contributed by atoms with Crippen LogP contribution in [0.4, 0.5) is 30.7 Å². The molecule has 0 aliphatic heterocycles. The van der Waals surface area contributed by atoms with Gasteiger partial charge < -0.3 is 10.6 Å². The lowest BCUT2D eigenvalue weighted by molar-refractivity contribution is -0.144. The summed E-state index contributed by atoms with van der Waals surface area (Å²) in [6, 6.07) is 0.207. The summed E-state index contributed by atoms with van der Waals surface area (Å²) >= 11 is 0. The average molecular weight is 647 g/mol. The maximum Gasteiger partial charge on any atom is 0.389 e. The predicted octanol–water partition coefficient (Wildman–Crippen LogP) is 5.57. The smallest absolute Gasteiger partial charge is 0.349 e. The molecule has 2 saturated carbocycles. The van der Waals surface area contributed by atoms with Gasteiger partial charge in [-0.3, -0.25) is 9.59 Å². The number of amides is 2. The average Bonchev–Trinajstić information content (AvgIpc) is 3.52. The number of imidazole rings is 1. The third kappa shape index (κ3) is 8.69. The van der Waals surface area contributed by atoms with E-state index in [1.807, 2.05) is 0 Å². The first-order chi connectivity index (χ1) is 21.1. The Labute approximate surface area is 253 Å². The Hall–Kier alpha value is -3.79. The Balaban J connectivity index is 1.39. The molecule has 3 aromatic heterocycles. The topological polar surface area (TPSA) is 119 Å². The summed E-state index contributed by atoms with van der Waals surface area (Å²) in [6.45, 7) is 0.471. The van der Waals surface area contributed by atoms with Crippen LogP contribution in [0.15, 0.2) is 24.8 Å². The first-order valence-corrected chi connectivity index (χ1v) is 14.7. The lowest BCUT2D eigenvalue weighted by Crippen LogP contribution is -2.38. The third-order valence-corrected chi connectivity index (χ3v) is 8.18. The fraction of sp³-hybridized carbons (Fsp3) is 0.643. The highest BCUT2D eigenvalue weighted by Crippen LogP contribution is 2.43. The molecule has 0 bridgehead atoms. The number of nitrogens with zero attached hydrogens (tertiary/aromatic N) is 6. The van der Waals surface area contributed by atoms with E-state index in [0.29, 0.717) is 16.9 Å². The van der Waals surface area contributed by atoms with Crippen molar-refractivity contribution in [2.75, 3.05) is 0 Å². The maximum absolute atomic E-state index is 14.0. The minimum atomic E-state index is -4.46. The molecule has 0 aromatic carbocycles. The van der Waals surface area contributed by atoms with Crippen LogP contribution in [-0.2, 0) is 11.3 Å². The maximum atomic E-state index is 14.0. The summed E-state index contributed by atoms with van der Waals surface area (Å²) in [5.41, 5.74) is 1.17. The summed E-state index contributed by atoms with van der Waals surface area (Å²) in [7, 11) is 0. The van der Waals surface area contributed by atoms with Gasteiger partial charge in [0.2, 0.25) is 23.6 Å². The number of carbonyl (C=O) groups is 2. The molecule has 2 N–H and O–H groups in total. The van der Waals surface area contributed by atoms with Crippen molar-refractivity contribution < 1.29 is 40.3 Å². The van der Waals surface area contributed by atoms with Crippen LogP contribution in [0.25, 0.3) is 5.65 Å². The van der Waals surface area contributed by atoms with Crippen molar-refractivity contribution in [3.8, 4) is 0 Å². The van der Waals surface area contributed by atoms with E-state index in [1.165, 1.54) is 16.9 Å². The number of hydrogen-bond donors (Lipinski definition) is 2. The van der Waals surface area contributed by atoms with Crippen molar-refractivity contribution in [1.29, 1.82) is 0 Å². The minimum Gasteiger partial charge on any atom is -0.349 e. The predicted molar refractivity (Wildman–Crippen MR) is 144 cm³/mol. The van der Waals surface area contributed by atoms with Crippen LogP contribution >= 0.6 is 0 Å². The minimum absolute atomic E-state index is 0.0273. The van der Waals surface area contributed by atoms with Crippen molar-refractivity contribution in [2.45, 2.75) is 101 Å². The molecule has 3 heterocycles. The van der Waals surface area contributed by atoms with Crippen LogP contribution in [0.1, 0.15) is 98.7 Å². The summed E-state index contributed by atoms with van der Waals surface area (Å²) in [5.74, 6) is -7.95. The van der Waals surface area contributed by atoms with Gasteiger partial charge in [-0.2, -0.15) is 23.4 Å². The molecule has 17 heteroatoms. The molecule has 3 aromatic rings. The van der Waals surface area contributed by atoms with E-state index in [9.17, 15) is 40.3 Å². The molecule has 0 saturated heterocycles. The monoisotopic (exact) mass is 646 g/mol. The van der Waals surface area contributed by atoms with Crippen molar-refractivity contribution in [3.63, 3.8) is 0 Å². The van der Waals surface area contributed by atoms with Gasteiger partial charge in [0, 0.05) is 32.2 Å². The van der Waals surface area contributed by atoms with Crippen LogP contribution < -0.4 is 10.6 Å². The largest absolute Gasteiger partial charge is 0.389 e. The number of aromatic nitrogens is 6. The van der Waals surface area contributed by atoms with Gasteiger partial charge in [0.1, 0.15) is 6.33 Å². The molecule has 246 valence electrons. The fourth-order valence-electron chi connectivity index (χ4n) is 5.57. The number of aryl methyl sites for hydroxylation is 1. The summed E-state index contributed by atoms with van der Waals surface area (Å²) in [4.78, 5) is 34.2. The first-order valence-electron chi connectivity index (χ1n) is 14.7. The van der Waals surface area contributed by atoms with E-state index in [0.717, 1.165) is 30.8 Å². The van der Waals surface area contributed by atoms with Gasteiger partial charge in [-0.1, -0.05) is 0 Å². The van der Waals surface area contributed by atoms with Crippen molar-refractivity contribution >= 4 is 17.5 Å². The van der Waals surface area contributed by atoms with Gasteiger partial charge in [0.25, 0.3) is 5.91 Å². The highest BCUT2D eigenvalue weighted by atomic mass is 19.4. The van der Waals surface area contributed by atoms with Gasteiger partial charge in [-0.25, -0.2) is 36.7 Å². The number of nitrogens with one attached hydrogen (secondary N) is 2. The molecule has 0 unspecified atom stereocenters. The van der Waals surface area contributed by atoms with Crippen molar-refractivity contribution in [3.05, 3.63) is 41.9 Å². The quantitative estimate of drug-likeness (QED) is 0.249. The number of rotatable bonds is 12. The van der Waals surface area contributed by atoms with Gasteiger partial charge in [-0.15, -0.1) is 0 Å². The standard InChI is InChI=1S/C28H33F7N8O2/c1-26(29,30)10-11-42-24(36-15-38-42)25(45)41-23(17-4-7-27(31,32)8-5-17)19-14-43-20(39-19)12-18(13-37-43)22(16-2-3-16)40-21(44)6-9-28(33,34)35/h12-17,22-23H,2-11H2,1H3,(H,40,44)(H,41,45)/t22-,23+/m1/s1. The Bertz CT molecular complexity index is 1500. The number of carbonyl (C=O) groups excluding carboxylic acids is 2. The van der Waals surface area contributed by atoms with Crippen LogP contribution in [0.2, 0.25) is 0 Å². The van der Waals surface area contributed by atoms with Crippen LogP contribution in [0.3, 0.4) is 0 Å². The van der Waals surface area contributed by atoms with Crippen molar-refractivity contribution in [1.82, 2.24) is 40.0 Å². The highest BCUT2D eigenvalue weighted by Gasteiger charge is 2.40. The highest BCUT2D eigenvalue weighted by molar-refractivity contribution is 5.90. The zero-order valence-electron chi connectivity index (χ0n) is 24.3. The van der Waals surface area contributed by atoms with E-state index in [2.05, 4.69) is 30.8 Å². The second kappa shape index (κ2) is 12.5. The van der Waals surface area contributed by atoms with E-state index in [1.54, 1.807) is 6.07 Å². The number of alkyl halides is 7. The second-order valence-corrected chi connectivity index (χ2v) is 12.0. The zero-order chi connectivity index (χ0) is 32.6. The molecule has 2 aliphatic carbocycles. The van der Waals surface area contributed by atoms with Crippen LogP contribution in [0.5, 0.6) is 0 Å². The van der Waals surface area contributed by atoms with E-state index in [4.69, 9.17) is 0 Å². The Morgan fingerprint density at radius 2 is 1.69 bits per heavy atom. The fourth-order valence-corrected chi connectivity index (χ4v) is 5.57. The third-order valence-electron chi connectivity index (χ3n) is 8.18. The lowest BCUT2D eigenvalue weighted by Gasteiger charge is -2.33. The molecular weight excluding hydrogens is 613 g/mol. The lowest BCUT2D eigenvalue weighted by atomic mass is 9.81. The van der Waals surface area contributed by atoms with Gasteiger partial charge in [0.15, 0.2) is 5.65 Å². The SMILES string of the molecule is CC(F)(F)CCn1ncnc1C(=O)N[C@H](c1cn2ncc([C@H](NC(=O)CCC(F)(F)F)C3CC3)cc2n1)C1CCC(F)(F)CC1. The Morgan fingerprint density at radius 1 is 1.00 bits per heavy atom. The van der Waals surface area contributed by atoms with Crippen LogP contribution in [-0.4, -0.2) is 59.2 Å². The summed E-state index contributed by atoms with van der Waals surface area (Å²) in [5, 5.41) is 13.7. The normalized spacial score (nSPS) is 18.9. The molecule has 5 rings (SSSR count). The number of halogens is 7. The van der Waals surface area contributed by atoms with Crippen molar-refractivity contribution in [2.24, 2.45) is 11.8 Å². The molecular formula is C28H33F7N8O2. The molecule has 2 fully saturated rings. The molecule has 0 radical (unpaired) electrons. The van der Waals surface area contributed by atoms with E-state index in [-0.39, 0.29) is 31.1 Å². The molecule has 2 amide bonds. The van der Waals surface area contributed by atoms with Gasteiger partial charge in [-0.05, 0) is 56.1 Å². The van der Waals surface area contributed by atoms with Crippen LogP contribution in [0, 0.1) is 11.8 Å². The summed E-state index contributed by atoms with van der Waals surface area (Å²) < 4.78 is 95.3. The molecule has 45 heavy (non-hydrogen) atoms. The number of fused-ring (bicyclic) bond motifs is 1. The molecule has 0 spiro atoms. The van der Waals surface area contributed by atoms with E-state index >= 15 is 0 Å². The Morgan fingerprint density at radius 3 is 2.33 bits per heavy atom. The van der Waals surface area contributed by atoms with Gasteiger partial charge >= 0.3 is 6.18 Å². The molecule has 2 aliphatic rings. The van der Waals surface area contributed by atoms with Gasteiger partial charge in [0.05, 0.1) is 36.6 Å². The van der Waals surface area contributed by atoms with E-state index < -0.39 is 79.9 Å². The zero-order valence-corrected chi connectivity index (χ0v) is 24.3. The Kier molecular flexibility index (Phi) is 9.08. The first kappa shape index (κ1) is 32.6. The molecule has 2 atom stereocenters. The number of hydrogen-bond acceptors (Lipinski definition) is 6.